The number of carbonyl (C=O) groups excluding carboxylic acids is 1. The van der Waals surface area contributed by atoms with Crippen LogP contribution >= 0.6 is 0 Å². The number of hydrogen-bond donors (Lipinski definition) is 0. The lowest BCUT2D eigenvalue weighted by Crippen LogP contribution is -2.05. The SMILES string of the molecule is CCCCCC(=O)Cc1cccc(=O)o1. The van der Waals surface area contributed by atoms with Gasteiger partial charge in [0, 0.05) is 12.5 Å². The van der Waals surface area contributed by atoms with Crippen molar-refractivity contribution in [3.05, 3.63) is 34.4 Å². The molecule has 0 aliphatic carbocycles. The molecule has 15 heavy (non-hydrogen) atoms. The van der Waals surface area contributed by atoms with Crippen LogP contribution in [-0.4, -0.2) is 5.78 Å². The van der Waals surface area contributed by atoms with Gasteiger partial charge < -0.3 is 4.42 Å². The first-order valence-electron chi connectivity index (χ1n) is 5.33. The summed E-state index contributed by atoms with van der Waals surface area (Å²) >= 11 is 0. The van der Waals surface area contributed by atoms with Crippen LogP contribution in [0.3, 0.4) is 0 Å². The van der Waals surface area contributed by atoms with Gasteiger partial charge in [-0.25, -0.2) is 4.79 Å². The normalized spacial score (nSPS) is 10.2. The highest BCUT2D eigenvalue weighted by atomic mass is 16.4. The van der Waals surface area contributed by atoms with Crippen LogP contribution < -0.4 is 5.63 Å². The van der Waals surface area contributed by atoms with Crippen molar-refractivity contribution in [1.82, 2.24) is 0 Å². The molecule has 0 saturated carbocycles. The van der Waals surface area contributed by atoms with Crippen molar-refractivity contribution in [1.29, 1.82) is 0 Å². The first kappa shape index (κ1) is 11.7. The average molecular weight is 208 g/mol. The van der Waals surface area contributed by atoms with Gasteiger partial charge >= 0.3 is 5.63 Å². The van der Waals surface area contributed by atoms with Crippen molar-refractivity contribution in [2.75, 3.05) is 0 Å². The topological polar surface area (TPSA) is 47.3 Å². The summed E-state index contributed by atoms with van der Waals surface area (Å²) in [7, 11) is 0. The Morgan fingerprint density at radius 2 is 2.13 bits per heavy atom. The zero-order valence-corrected chi connectivity index (χ0v) is 8.99. The predicted molar refractivity (Wildman–Crippen MR) is 57.8 cm³/mol. The largest absolute Gasteiger partial charge is 0.427 e. The van der Waals surface area contributed by atoms with E-state index in [2.05, 4.69) is 6.92 Å². The second-order valence-corrected chi connectivity index (χ2v) is 3.59. The maximum atomic E-state index is 11.4. The lowest BCUT2D eigenvalue weighted by molar-refractivity contribution is -0.118. The Morgan fingerprint density at radius 3 is 2.80 bits per heavy atom. The quantitative estimate of drug-likeness (QED) is 0.674. The highest BCUT2D eigenvalue weighted by Gasteiger charge is 2.05. The highest BCUT2D eigenvalue weighted by molar-refractivity contribution is 5.80. The minimum Gasteiger partial charge on any atom is -0.427 e. The Kier molecular flexibility index (Phi) is 4.81. The minimum absolute atomic E-state index is 0.137. The third-order valence-corrected chi connectivity index (χ3v) is 2.18. The van der Waals surface area contributed by atoms with Crippen LogP contribution in [0.15, 0.2) is 27.4 Å². The molecule has 0 aromatic carbocycles. The van der Waals surface area contributed by atoms with Crippen molar-refractivity contribution >= 4 is 5.78 Å². The molecule has 0 amide bonds. The van der Waals surface area contributed by atoms with Gasteiger partial charge in [-0.1, -0.05) is 25.8 Å². The number of Topliss-reactive ketones (excluding diaryl/α,β-unsaturated/α-hetero) is 1. The third kappa shape index (κ3) is 4.58. The van der Waals surface area contributed by atoms with Crippen molar-refractivity contribution in [2.45, 2.75) is 39.0 Å². The molecule has 1 heterocycles. The van der Waals surface area contributed by atoms with Crippen LogP contribution in [0.1, 0.15) is 38.4 Å². The van der Waals surface area contributed by atoms with E-state index in [1.807, 2.05) is 0 Å². The molecule has 0 bridgehead atoms. The van der Waals surface area contributed by atoms with Gasteiger partial charge in [-0.3, -0.25) is 4.79 Å². The Labute approximate surface area is 89.1 Å². The molecule has 0 fully saturated rings. The number of ketones is 1. The third-order valence-electron chi connectivity index (χ3n) is 2.18. The fraction of sp³-hybridized carbons (Fsp3) is 0.500. The zero-order valence-electron chi connectivity index (χ0n) is 8.99. The van der Waals surface area contributed by atoms with Crippen LogP contribution in [0.25, 0.3) is 0 Å². The summed E-state index contributed by atoms with van der Waals surface area (Å²) in [4.78, 5) is 22.3. The molecular formula is C12H16O3. The molecule has 0 saturated heterocycles. The number of hydrogen-bond acceptors (Lipinski definition) is 3. The van der Waals surface area contributed by atoms with E-state index in [0.29, 0.717) is 12.2 Å². The van der Waals surface area contributed by atoms with E-state index >= 15 is 0 Å². The van der Waals surface area contributed by atoms with E-state index in [1.54, 1.807) is 12.1 Å². The molecule has 3 nitrogen and oxygen atoms in total. The van der Waals surface area contributed by atoms with Gasteiger partial charge in [-0.2, -0.15) is 0 Å². The average Bonchev–Trinajstić information content (AvgIpc) is 2.18. The molecule has 0 atom stereocenters. The van der Waals surface area contributed by atoms with Gasteiger partial charge in [0.2, 0.25) is 0 Å². The Hall–Kier alpha value is -1.38. The molecule has 0 N–H and O–H groups in total. The monoisotopic (exact) mass is 208 g/mol. The zero-order chi connectivity index (χ0) is 11.1. The second-order valence-electron chi connectivity index (χ2n) is 3.59. The van der Waals surface area contributed by atoms with Gasteiger partial charge in [0.15, 0.2) is 0 Å². The van der Waals surface area contributed by atoms with Crippen LogP contribution in [0.5, 0.6) is 0 Å². The van der Waals surface area contributed by atoms with Crippen molar-refractivity contribution in [3.8, 4) is 0 Å². The van der Waals surface area contributed by atoms with E-state index in [9.17, 15) is 9.59 Å². The molecule has 0 spiro atoms. The summed E-state index contributed by atoms with van der Waals surface area (Å²) in [5, 5.41) is 0. The maximum absolute atomic E-state index is 11.4. The summed E-state index contributed by atoms with van der Waals surface area (Å²) in [6.07, 6.45) is 3.91. The molecule has 1 aromatic rings. The predicted octanol–water partition coefficient (Wildman–Crippen LogP) is 2.33. The summed E-state index contributed by atoms with van der Waals surface area (Å²) in [5.74, 6) is 0.599. The number of unbranched alkanes of at least 4 members (excludes halogenated alkanes) is 2. The molecule has 3 heteroatoms. The molecule has 0 aliphatic heterocycles. The lowest BCUT2D eigenvalue weighted by atomic mass is 10.1. The first-order valence-corrected chi connectivity index (χ1v) is 5.33. The molecule has 1 aromatic heterocycles. The standard InChI is InChI=1S/C12H16O3/c1-2-3-4-6-10(13)9-11-7-5-8-12(14)15-11/h5,7-8H,2-4,6,9H2,1H3. The van der Waals surface area contributed by atoms with Crippen LogP contribution in [0, 0.1) is 0 Å². The Morgan fingerprint density at radius 1 is 1.33 bits per heavy atom. The van der Waals surface area contributed by atoms with Crippen LogP contribution in [0.2, 0.25) is 0 Å². The fourth-order valence-corrected chi connectivity index (χ4v) is 1.38. The van der Waals surface area contributed by atoms with Gasteiger partial charge in [-0.05, 0) is 12.5 Å². The highest BCUT2D eigenvalue weighted by Crippen LogP contribution is 2.04. The summed E-state index contributed by atoms with van der Waals surface area (Å²) in [6, 6.07) is 4.62. The van der Waals surface area contributed by atoms with Crippen LogP contribution in [0.4, 0.5) is 0 Å². The fourth-order valence-electron chi connectivity index (χ4n) is 1.38. The van der Waals surface area contributed by atoms with Crippen LogP contribution in [-0.2, 0) is 11.2 Å². The van der Waals surface area contributed by atoms with Gasteiger partial charge in [0.1, 0.15) is 11.5 Å². The van der Waals surface area contributed by atoms with Crippen molar-refractivity contribution in [3.63, 3.8) is 0 Å². The Bertz CT molecular complexity index is 365. The molecule has 1 rings (SSSR count). The molecule has 0 unspecified atom stereocenters. The smallest absolute Gasteiger partial charge is 0.335 e. The van der Waals surface area contributed by atoms with Gasteiger partial charge in [0.05, 0.1) is 6.42 Å². The number of carbonyl (C=O) groups is 1. The van der Waals surface area contributed by atoms with E-state index < -0.39 is 5.63 Å². The van der Waals surface area contributed by atoms with E-state index in [-0.39, 0.29) is 12.2 Å². The molecule has 82 valence electrons. The van der Waals surface area contributed by atoms with E-state index in [1.165, 1.54) is 6.07 Å². The summed E-state index contributed by atoms with van der Waals surface area (Å²) < 4.78 is 4.88. The number of rotatable bonds is 6. The molecule has 0 aliphatic rings. The van der Waals surface area contributed by atoms with E-state index in [4.69, 9.17) is 4.42 Å². The summed E-state index contributed by atoms with van der Waals surface area (Å²) in [5.41, 5.74) is -0.395. The van der Waals surface area contributed by atoms with Gasteiger partial charge in [0.25, 0.3) is 0 Å². The first-order chi connectivity index (χ1) is 7.22. The minimum atomic E-state index is -0.395. The Balaban J connectivity index is 2.41. The molecule has 0 radical (unpaired) electrons. The van der Waals surface area contributed by atoms with Gasteiger partial charge in [-0.15, -0.1) is 0 Å². The van der Waals surface area contributed by atoms with Crippen molar-refractivity contribution < 1.29 is 9.21 Å². The maximum Gasteiger partial charge on any atom is 0.335 e. The second kappa shape index (κ2) is 6.17. The summed E-state index contributed by atoms with van der Waals surface area (Å²) in [6.45, 7) is 2.10. The lowest BCUT2D eigenvalue weighted by Gasteiger charge is -1.99. The van der Waals surface area contributed by atoms with E-state index in [0.717, 1.165) is 19.3 Å². The van der Waals surface area contributed by atoms with Crippen molar-refractivity contribution in [2.24, 2.45) is 0 Å². The molecular weight excluding hydrogens is 192 g/mol.